The van der Waals surface area contributed by atoms with Crippen molar-refractivity contribution in [2.24, 2.45) is 5.90 Å². The number of alkyl halides is 2. The Labute approximate surface area is 107 Å². The maximum Gasteiger partial charge on any atom is 0.351 e. The van der Waals surface area contributed by atoms with Crippen molar-refractivity contribution in [3.05, 3.63) is 22.7 Å². The van der Waals surface area contributed by atoms with Crippen molar-refractivity contribution in [2.75, 3.05) is 12.3 Å². The Hall–Kier alpha value is -1.58. The van der Waals surface area contributed by atoms with Crippen molar-refractivity contribution in [2.45, 2.75) is 31.1 Å². The summed E-state index contributed by atoms with van der Waals surface area (Å²) >= 11 is 0. The number of halogens is 2. The van der Waals surface area contributed by atoms with Crippen molar-refractivity contribution in [1.29, 1.82) is 0 Å². The minimum atomic E-state index is -3.17. The molecule has 1 aliphatic heterocycles. The summed E-state index contributed by atoms with van der Waals surface area (Å²) in [5, 5.41) is 0. The Morgan fingerprint density at radius 3 is 3.00 bits per heavy atom. The van der Waals surface area contributed by atoms with Gasteiger partial charge in [0.1, 0.15) is 5.82 Å². The number of nitrogens with zero attached hydrogens (tertiary/aromatic N) is 2. The Bertz CT molecular complexity index is 508. The molecule has 0 spiro atoms. The van der Waals surface area contributed by atoms with Crippen LogP contribution in [0.3, 0.4) is 0 Å². The molecule has 1 aromatic heterocycles. The summed E-state index contributed by atoms with van der Waals surface area (Å²) in [4.78, 5) is 19.3. The Morgan fingerprint density at radius 1 is 1.63 bits per heavy atom. The van der Waals surface area contributed by atoms with E-state index in [1.165, 1.54) is 6.07 Å². The number of nitrogens with two attached hydrogens (primary N) is 2. The van der Waals surface area contributed by atoms with Crippen LogP contribution < -0.4 is 17.3 Å². The lowest BCUT2D eigenvalue weighted by Gasteiger charge is -2.19. The van der Waals surface area contributed by atoms with E-state index in [1.807, 2.05) is 0 Å². The van der Waals surface area contributed by atoms with Crippen LogP contribution >= 0.6 is 0 Å². The zero-order valence-corrected chi connectivity index (χ0v) is 9.96. The van der Waals surface area contributed by atoms with Crippen LogP contribution in [0.15, 0.2) is 17.1 Å². The lowest BCUT2D eigenvalue weighted by Crippen LogP contribution is -2.35. The van der Waals surface area contributed by atoms with E-state index in [0.29, 0.717) is 0 Å². The average molecular weight is 276 g/mol. The van der Waals surface area contributed by atoms with E-state index in [0.717, 1.165) is 10.8 Å². The molecular formula is C10H14F2N4O3. The fourth-order valence-corrected chi connectivity index (χ4v) is 1.98. The quantitative estimate of drug-likeness (QED) is 0.751. The third kappa shape index (κ3) is 2.88. The number of hydrogen-bond donors (Lipinski definition) is 2. The second kappa shape index (κ2) is 5.19. The highest BCUT2D eigenvalue weighted by atomic mass is 19.3. The first kappa shape index (κ1) is 13.8. The largest absolute Gasteiger partial charge is 0.383 e. The standard InChI is InChI=1S/C10H14F2N4O3/c11-10(12)5-6(2-4-18-14)19-8(10)16-3-1-7(13)15-9(16)17/h1,3,6,8H,2,4-5,14H2,(H2,13,15,17)/t6-,8-/m1/s1. The molecule has 1 aliphatic rings. The highest BCUT2D eigenvalue weighted by Crippen LogP contribution is 2.42. The van der Waals surface area contributed by atoms with Gasteiger partial charge in [-0.1, -0.05) is 0 Å². The molecule has 4 N–H and O–H groups in total. The first-order chi connectivity index (χ1) is 8.94. The summed E-state index contributed by atoms with van der Waals surface area (Å²) in [7, 11) is 0. The average Bonchev–Trinajstić information content (AvgIpc) is 2.62. The first-order valence-electron chi connectivity index (χ1n) is 5.63. The number of rotatable bonds is 4. The van der Waals surface area contributed by atoms with Gasteiger partial charge in [-0.25, -0.2) is 19.5 Å². The molecule has 2 atom stereocenters. The van der Waals surface area contributed by atoms with Crippen LogP contribution in [-0.2, 0) is 9.57 Å². The molecule has 2 heterocycles. The van der Waals surface area contributed by atoms with E-state index >= 15 is 0 Å². The lowest BCUT2D eigenvalue weighted by molar-refractivity contribution is -0.118. The van der Waals surface area contributed by atoms with Crippen LogP contribution in [0.4, 0.5) is 14.6 Å². The summed E-state index contributed by atoms with van der Waals surface area (Å²) in [5.74, 6) is 1.64. The zero-order chi connectivity index (χ0) is 14.0. The minimum absolute atomic E-state index is 0.0318. The molecule has 9 heteroatoms. The Balaban J connectivity index is 2.21. The van der Waals surface area contributed by atoms with Gasteiger partial charge in [-0.15, -0.1) is 0 Å². The zero-order valence-electron chi connectivity index (χ0n) is 9.96. The second-order valence-corrected chi connectivity index (χ2v) is 4.28. The van der Waals surface area contributed by atoms with Gasteiger partial charge in [-0.2, -0.15) is 4.98 Å². The van der Waals surface area contributed by atoms with Gasteiger partial charge in [0.2, 0.25) is 6.23 Å². The topological polar surface area (TPSA) is 105 Å². The molecule has 0 radical (unpaired) electrons. The number of anilines is 1. The van der Waals surface area contributed by atoms with Crippen LogP contribution in [0.1, 0.15) is 19.1 Å². The van der Waals surface area contributed by atoms with Crippen LogP contribution in [0.25, 0.3) is 0 Å². The third-order valence-corrected chi connectivity index (χ3v) is 2.84. The van der Waals surface area contributed by atoms with Gasteiger partial charge >= 0.3 is 5.69 Å². The molecule has 106 valence electrons. The van der Waals surface area contributed by atoms with Crippen LogP contribution in [-0.4, -0.2) is 28.2 Å². The van der Waals surface area contributed by atoms with Crippen LogP contribution in [0.5, 0.6) is 0 Å². The third-order valence-electron chi connectivity index (χ3n) is 2.84. The van der Waals surface area contributed by atoms with E-state index in [-0.39, 0.29) is 18.8 Å². The normalized spacial score (nSPS) is 25.6. The SMILES string of the molecule is NOCC[C@@H]1CC(F)(F)[C@H](n2ccc(N)nc2=O)O1. The van der Waals surface area contributed by atoms with E-state index in [9.17, 15) is 13.6 Å². The monoisotopic (exact) mass is 276 g/mol. The molecule has 7 nitrogen and oxygen atoms in total. The Morgan fingerprint density at radius 2 is 2.37 bits per heavy atom. The number of nitrogen functional groups attached to an aromatic ring is 1. The van der Waals surface area contributed by atoms with Gasteiger partial charge < -0.3 is 15.3 Å². The summed E-state index contributed by atoms with van der Waals surface area (Å²) in [6.45, 7) is 0.0996. The van der Waals surface area contributed by atoms with Gasteiger partial charge in [0.25, 0.3) is 5.92 Å². The highest BCUT2D eigenvalue weighted by molar-refractivity contribution is 5.23. The number of hydrogen-bond acceptors (Lipinski definition) is 6. The molecule has 0 unspecified atom stereocenters. The van der Waals surface area contributed by atoms with Gasteiger partial charge in [0.05, 0.1) is 12.7 Å². The molecule has 2 rings (SSSR count). The predicted octanol–water partition coefficient (Wildman–Crippen LogP) is 0.0287. The second-order valence-electron chi connectivity index (χ2n) is 4.28. The summed E-state index contributed by atoms with van der Waals surface area (Å²) < 4.78 is 33.6. The smallest absolute Gasteiger partial charge is 0.351 e. The molecule has 0 bridgehead atoms. The molecular weight excluding hydrogens is 262 g/mol. The molecule has 1 aromatic rings. The van der Waals surface area contributed by atoms with Crippen molar-refractivity contribution >= 4 is 5.82 Å². The summed E-state index contributed by atoms with van der Waals surface area (Å²) in [6, 6.07) is 1.26. The predicted molar refractivity (Wildman–Crippen MR) is 61.1 cm³/mol. The molecule has 1 fully saturated rings. The molecule has 0 aliphatic carbocycles. The first-order valence-corrected chi connectivity index (χ1v) is 5.63. The van der Waals surface area contributed by atoms with Crippen molar-refractivity contribution in [1.82, 2.24) is 9.55 Å². The fourth-order valence-electron chi connectivity index (χ4n) is 1.98. The fraction of sp³-hybridized carbons (Fsp3) is 0.600. The maximum absolute atomic E-state index is 13.8. The molecule has 0 amide bonds. The summed E-state index contributed by atoms with van der Waals surface area (Å²) in [6.07, 6.45) is -1.55. The molecule has 1 saturated heterocycles. The summed E-state index contributed by atoms with van der Waals surface area (Å²) in [5.41, 5.74) is 4.43. The Kier molecular flexibility index (Phi) is 3.78. The van der Waals surface area contributed by atoms with E-state index in [2.05, 4.69) is 9.82 Å². The highest BCUT2D eigenvalue weighted by Gasteiger charge is 2.51. The minimum Gasteiger partial charge on any atom is -0.383 e. The molecule has 19 heavy (non-hydrogen) atoms. The lowest BCUT2D eigenvalue weighted by atomic mass is 10.1. The van der Waals surface area contributed by atoms with E-state index in [4.69, 9.17) is 16.4 Å². The van der Waals surface area contributed by atoms with Crippen molar-refractivity contribution < 1.29 is 18.4 Å². The van der Waals surface area contributed by atoms with Gasteiger partial charge in [0, 0.05) is 12.6 Å². The molecule has 0 aromatic carbocycles. The molecule has 0 saturated carbocycles. The van der Waals surface area contributed by atoms with E-state index in [1.54, 1.807) is 0 Å². The van der Waals surface area contributed by atoms with Gasteiger partial charge in [0.15, 0.2) is 0 Å². The maximum atomic E-state index is 13.8. The van der Waals surface area contributed by atoms with Crippen molar-refractivity contribution in [3.63, 3.8) is 0 Å². The van der Waals surface area contributed by atoms with E-state index < -0.39 is 30.4 Å². The van der Waals surface area contributed by atoms with Crippen molar-refractivity contribution in [3.8, 4) is 0 Å². The number of ether oxygens (including phenoxy) is 1. The van der Waals surface area contributed by atoms with Gasteiger partial charge in [-0.3, -0.25) is 4.57 Å². The van der Waals surface area contributed by atoms with Gasteiger partial charge in [-0.05, 0) is 12.5 Å². The van der Waals surface area contributed by atoms with Crippen LogP contribution in [0.2, 0.25) is 0 Å². The number of aromatic nitrogens is 2. The van der Waals surface area contributed by atoms with Crippen LogP contribution in [0, 0.1) is 0 Å².